The van der Waals surface area contributed by atoms with Gasteiger partial charge < -0.3 is 5.11 Å². The van der Waals surface area contributed by atoms with E-state index in [1.165, 1.54) is 4.68 Å². The summed E-state index contributed by atoms with van der Waals surface area (Å²) < 4.78 is 37.9. The predicted octanol–water partition coefficient (Wildman–Crippen LogP) is 2.33. The molecule has 0 aliphatic rings. The van der Waals surface area contributed by atoms with Crippen LogP contribution in [0.5, 0.6) is 0 Å². The molecule has 16 heavy (non-hydrogen) atoms. The van der Waals surface area contributed by atoms with Crippen LogP contribution in [0.2, 0.25) is 5.02 Å². The molecule has 0 aromatic carbocycles. The van der Waals surface area contributed by atoms with E-state index in [4.69, 9.17) is 16.7 Å². The van der Waals surface area contributed by atoms with Gasteiger partial charge in [-0.15, -0.1) is 0 Å². The summed E-state index contributed by atoms with van der Waals surface area (Å²) in [5, 5.41) is 13.1. The number of hydrogen-bond donors (Lipinski definition) is 1. The summed E-state index contributed by atoms with van der Waals surface area (Å²) in [5.74, 6) is 0. The van der Waals surface area contributed by atoms with Gasteiger partial charge in [0.05, 0.1) is 16.4 Å². The van der Waals surface area contributed by atoms with Crippen molar-refractivity contribution < 1.29 is 18.3 Å². The highest BCUT2D eigenvalue weighted by molar-refractivity contribution is 6.31. The second-order valence-electron chi connectivity index (χ2n) is 3.42. The Bertz CT molecular complexity index is 376. The lowest BCUT2D eigenvalue weighted by atomic mass is 10.2. The maximum Gasteiger partial charge on any atom is 0.414 e. The zero-order valence-corrected chi connectivity index (χ0v) is 9.60. The van der Waals surface area contributed by atoms with E-state index < -0.39 is 18.7 Å². The van der Waals surface area contributed by atoms with E-state index in [2.05, 4.69) is 5.10 Å². The number of rotatable bonds is 3. The Hall–Kier alpha value is -0.750. The van der Waals surface area contributed by atoms with Crippen LogP contribution in [0, 0.1) is 6.92 Å². The Morgan fingerprint density at radius 2 is 2.06 bits per heavy atom. The van der Waals surface area contributed by atoms with Crippen LogP contribution in [0.1, 0.15) is 18.3 Å². The monoisotopic (exact) mass is 256 g/mol. The zero-order chi connectivity index (χ0) is 12.5. The standard InChI is InChI=1S/C9H12ClF3N2O/c1-3-15-6(8(10)5(2)14-15)4-7(16)9(11,12)13/h7,16H,3-4H2,1-2H3/t7-/m0/s1. The largest absolute Gasteiger partial charge is 0.414 e. The lowest BCUT2D eigenvalue weighted by Crippen LogP contribution is -2.31. The summed E-state index contributed by atoms with van der Waals surface area (Å²) in [7, 11) is 0. The van der Waals surface area contributed by atoms with Crippen LogP contribution in [-0.4, -0.2) is 27.2 Å². The van der Waals surface area contributed by atoms with Gasteiger partial charge in [-0.05, 0) is 13.8 Å². The van der Waals surface area contributed by atoms with Crippen LogP contribution in [0.25, 0.3) is 0 Å². The third kappa shape index (κ3) is 2.68. The highest BCUT2D eigenvalue weighted by Gasteiger charge is 2.39. The molecule has 0 bridgehead atoms. The number of aryl methyl sites for hydroxylation is 2. The van der Waals surface area contributed by atoms with Crippen molar-refractivity contribution in [1.29, 1.82) is 0 Å². The Balaban J connectivity index is 2.96. The average Bonchev–Trinajstić information content (AvgIpc) is 2.44. The van der Waals surface area contributed by atoms with Gasteiger partial charge in [0.1, 0.15) is 0 Å². The van der Waals surface area contributed by atoms with Crippen LogP contribution in [0.3, 0.4) is 0 Å². The third-order valence-electron chi connectivity index (χ3n) is 2.22. The average molecular weight is 257 g/mol. The minimum Gasteiger partial charge on any atom is -0.383 e. The Morgan fingerprint density at radius 3 is 2.50 bits per heavy atom. The van der Waals surface area contributed by atoms with Crippen LogP contribution in [-0.2, 0) is 13.0 Å². The molecular weight excluding hydrogens is 245 g/mol. The molecule has 1 N–H and O–H groups in total. The van der Waals surface area contributed by atoms with E-state index in [0.717, 1.165) is 0 Å². The number of aliphatic hydroxyl groups excluding tert-OH is 1. The van der Waals surface area contributed by atoms with E-state index in [1.807, 2.05) is 0 Å². The molecule has 0 aliphatic heterocycles. The summed E-state index contributed by atoms with van der Waals surface area (Å²) in [5.41, 5.74) is 0.680. The molecule has 7 heteroatoms. The Labute approximate surface area is 95.8 Å². The minimum atomic E-state index is -4.64. The quantitative estimate of drug-likeness (QED) is 0.901. The second-order valence-corrected chi connectivity index (χ2v) is 3.80. The maximum absolute atomic E-state index is 12.2. The van der Waals surface area contributed by atoms with Crippen molar-refractivity contribution in [3.05, 3.63) is 16.4 Å². The molecular formula is C9H12ClF3N2O. The van der Waals surface area contributed by atoms with Gasteiger partial charge in [-0.25, -0.2) is 0 Å². The molecule has 3 nitrogen and oxygen atoms in total. The molecule has 0 aliphatic carbocycles. The van der Waals surface area contributed by atoms with Crippen molar-refractivity contribution in [3.8, 4) is 0 Å². The van der Waals surface area contributed by atoms with Gasteiger partial charge in [-0.3, -0.25) is 4.68 Å². The Morgan fingerprint density at radius 1 is 1.50 bits per heavy atom. The van der Waals surface area contributed by atoms with Crippen molar-refractivity contribution in [2.75, 3.05) is 0 Å². The van der Waals surface area contributed by atoms with Crippen LogP contribution < -0.4 is 0 Å². The lowest BCUT2D eigenvalue weighted by Gasteiger charge is -2.15. The molecule has 0 spiro atoms. The number of aliphatic hydroxyl groups is 1. The van der Waals surface area contributed by atoms with Crippen molar-refractivity contribution in [1.82, 2.24) is 9.78 Å². The molecule has 0 saturated heterocycles. The van der Waals surface area contributed by atoms with Crippen molar-refractivity contribution in [2.24, 2.45) is 0 Å². The molecule has 0 radical (unpaired) electrons. The van der Waals surface area contributed by atoms with Gasteiger partial charge in [-0.1, -0.05) is 11.6 Å². The summed E-state index contributed by atoms with van der Waals surface area (Å²) in [6, 6.07) is 0. The van der Waals surface area contributed by atoms with E-state index >= 15 is 0 Å². The fourth-order valence-electron chi connectivity index (χ4n) is 1.36. The molecule has 1 aromatic rings. The SMILES string of the molecule is CCn1nc(C)c(Cl)c1C[C@H](O)C(F)(F)F. The van der Waals surface area contributed by atoms with Crippen molar-refractivity contribution >= 4 is 11.6 Å². The van der Waals surface area contributed by atoms with Crippen LogP contribution >= 0.6 is 11.6 Å². The molecule has 1 atom stereocenters. The zero-order valence-electron chi connectivity index (χ0n) is 8.85. The van der Waals surface area contributed by atoms with Gasteiger partial charge in [0.25, 0.3) is 0 Å². The van der Waals surface area contributed by atoms with E-state index in [1.54, 1.807) is 13.8 Å². The summed E-state index contributed by atoms with van der Waals surface area (Å²) in [6.07, 6.45) is -7.62. The van der Waals surface area contributed by atoms with Gasteiger partial charge >= 0.3 is 6.18 Å². The van der Waals surface area contributed by atoms with Gasteiger partial charge in [0.15, 0.2) is 6.10 Å². The number of nitrogens with zero attached hydrogens (tertiary/aromatic N) is 2. The molecule has 0 unspecified atom stereocenters. The fourth-order valence-corrected chi connectivity index (χ4v) is 1.58. The van der Waals surface area contributed by atoms with Gasteiger partial charge in [0.2, 0.25) is 0 Å². The van der Waals surface area contributed by atoms with Gasteiger partial charge in [-0.2, -0.15) is 18.3 Å². The molecule has 0 saturated carbocycles. The molecule has 1 rings (SSSR count). The first-order valence-electron chi connectivity index (χ1n) is 4.74. The van der Waals surface area contributed by atoms with E-state index in [-0.39, 0.29) is 10.7 Å². The molecule has 1 heterocycles. The van der Waals surface area contributed by atoms with Crippen molar-refractivity contribution in [2.45, 2.75) is 39.1 Å². The van der Waals surface area contributed by atoms with Crippen LogP contribution in [0.4, 0.5) is 13.2 Å². The highest BCUT2D eigenvalue weighted by atomic mass is 35.5. The fraction of sp³-hybridized carbons (Fsp3) is 0.667. The summed E-state index contributed by atoms with van der Waals surface area (Å²) in [6.45, 7) is 3.76. The first-order chi connectivity index (χ1) is 7.27. The lowest BCUT2D eigenvalue weighted by molar-refractivity contribution is -0.203. The Kier molecular flexibility index (Phi) is 3.85. The molecule has 1 aromatic heterocycles. The van der Waals surface area contributed by atoms with Crippen LogP contribution in [0.15, 0.2) is 0 Å². The first-order valence-corrected chi connectivity index (χ1v) is 5.11. The highest BCUT2D eigenvalue weighted by Crippen LogP contribution is 2.27. The smallest absolute Gasteiger partial charge is 0.383 e. The maximum atomic E-state index is 12.2. The number of hydrogen-bond acceptors (Lipinski definition) is 2. The first kappa shape index (κ1) is 13.3. The third-order valence-corrected chi connectivity index (χ3v) is 2.71. The predicted molar refractivity (Wildman–Crippen MR) is 53.4 cm³/mol. The molecule has 92 valence electrons. The normalized spacial score (nSPS) is 14.2. The second kappa shape index (κ2) is 4.63. The topological polar surface area (TPSA) is 38.0 Å². The molecule has 0 fully saturated rings. The number of alkyl halides is 3. The van der Waals surface area contributed by atoms with E-state index in [9.17, 15) is 13.2 Å². The number of aromatic nitrogens is 2. The van der Waals surface area contributed by atoms with Crippen molar-refractivity contribution in [3.63, 3.8) is 0 Å². The van der Waals surface area contributed by atoms with Gasteiger partial charge in [0, 0.05) is 13.0 Å². The summed E-state index contributed by atoms with van der Waals surface area (Å²) >= 11 is 5.83. The molecule has 0 amide bonds. The minimum absolute atomic E-state index is 0.185. The van der Waals surface area contributed by atoms with E-state index in [0.29, 0.717) is 12.2 Å². The summed E-state index contributed by atoms with van der Waals surface area (Å²) in [4.78, 5) is 0. The number of halogens is 4.